The first-order valence-electron chi connectivity index (χ1n) is 4.13. The molecule has 0 aliphatic rings. The summed E-state index contributed by atoms with van der Waals surface area (Å²) < 4.78 is 26.6. The largest absolute Gasteiger partial charge is 0.397 e. The van der Waals surface area contributed by atoms with Gasteiger partial charge < -0.3 is 11.5 Å². The minimum atomic E-state index is -0.874. The van der Waals surface area contributed by atoms with Gasteiger partial charge in [0.05, 0.1) is 11.3 Å². The third-order valence-electron chi connectivity index (χ3n) is 1.86. The Morgan fingerprint density at radius 3 is 2.12 bits per heavy atom. The predicted octanol–water partition coefficient (Wildman–Crippen LogP) is 1.44. The van der Waals surface area contributed by atoms with Crippen LogP contribution < -0.4 is 11.5 Å². The molecule has 82 valence electrons. The van der Waals surface area contributed by atoms with Crippen LogP contribution in [0, 0.1) is 23.0 Å². The van der Waals surface area contributed by atoms with Gasteiger partial charge >= 0.3 is 0 Å². The van der Waals surface area contributed by atoms with E-state index < -0.39 is 22.9 Å². The number of benzene rings is 1. The smallest absolute Gasteiger partial charge is 0.135 e. The van der Waals surface area contributed by atoms with Crippen LogP contribution >= 0.6 is 12.2 Å². The lowest BCUT2D eigenvalue weighted by molar-refractivity contribution is 0.576. The molecule has 0 heterocycles. The average molecular weight is 239 g/mol. The van der Waals surface area contributed by atoms with Crippen molar-refractivity contribution in [3.63, 3.8) is 0 Å². The molecular formula is C10H7F2N3S. The van der Waals surface area contributed by atoms with Crippen molar-refractivity contribution in [2.75, 3.05) is 0 Å². The molecule has 0 fully saturated rings. The first kappa shape index (κ1) is 12.1. The summed E-state index contributed by atoms with van der Waals surface area (Å²) in [5.74, 6) is -1.75. The second kappa shape index (κ2) is 4.68. The molecule has 6 heteroatoms. The molecule has 0 unspecified atom stereocenters. The van der Waals surface area contributed by atoms with Crippen molar-refractivity contribution in [1.29, 1.82) is 5.26 Å². The van der Waals surface area contributed by atoms with E-state index in [2.05, 4.69) is 12.2 Å². The Balaban J connectivity index is 3.51. The fourth-order valence-electron chi connectivity index (χ4n) is 1.13. The highest BCUT2D eigenvalue weighted by Gasteiger charge is 2.16. The minimum Gasteiger partial charge on any atom is -0.397 e. The van der Waals surface area contributed by atoms with Gasteiger partial charge in [0.1, 0.15) is 28.3 Å². The molecular weight excluding hydrogens is 232 g/mol. The number of thiocarbonyl (C=S) groups is 1. The summed E-state index contributed by atoms with van der Waals surface area (Å²) in [6.45, 7) is 0. The maximum absolute atomic E-state index is 13.3. The number of halogens is 2. The van der Waals surface area contributed by atoms with Crippen LogP contribution in [0.5, 0.6) is 0 Å². The van der Waals surface area contributed by atoms with Gasteiger partial charge in [-0.15, -0.1) is 0 Å². The van der Waals surface area contributed by atoms with E-state index in [9.17, 15) is 8.78 Å². The molecule has 0 saturated carbocycles. The van der Waals surface area contributed by atoms with Crippen LogP contribution in [0.15, 0.2) is 23.8 Å². The van der Waals surface area contributed by atoms with E-state index >= 15 is 0 Å². The molecule has 3 nitrogen and oxygen atoms in total. The Morgan fingerprint density at radius 2 is 1.75 bits per heavy atom. The van der Waals surface area contributed by atoms with Crippen molar-refractivity contribution >= 4 is 22.9 Å². The van der Waals surface area contributed by atoms with Crippen molar-refractivity contribution in [2.24, 2.45) is 11.5 Å². The lowest BCUT2D eigenvalue weighted by atomic mass is 10.1. The van der Waals surface area contributed by atoms with Gasteiger partial charge in [0, 0.05) is 0 Å². The van der Waals surface area contributed by atoms with E-state index in [4.69, 9.17) is 16.7 Å². The standard InChI is InChI=1S/C10H7F2N3S/c11-6-2-1-3-7(12)8(6)9(14)5(4-13)10(15)16/h1-3H,14H2,(H2,15,16)/b9-5-. The highest BCUT2D eigenvalue weighted by molar-refractivity contribution is 7.80. The Labute approximate surface area is 96.0 Å². The van der Waals surface area contributed by atoms with Gasteiger partial charge in [0.25, 0.3) is 0 Å². The molecule has 1 aromatic rings. The molecule has 0 atom stereocenters. The SMILES string of the molecule is N#C/C(C(N)=S)=C(/N)c1c(F)cccc1F. The summed E-state index contributed by atoms with van der Waals surface area (Å²) >= 11 is 4.55. The lowest BCUT2D eigenvalue weighted by Gasteiger charge is -2.06. The molecule has 4 N–H and O–H groups in total. The third-order valence-corrected chi connectivity index (χ3v) is 2.06. The first-order valence-corrected chi connectivity index (χ1v) is 4.54. The summed E-state index contributed by atoms with van der Waals surface area (Å²) in [6.07, 6.45) is 0. The zero-order valence-electron chi connectivity index (χ0n) is 8.00. The number of hydrogen-bond donors (Lipinski definition) is 2. The summed E-state index contributed by atoms with van der Waals surface area (Å²) in [7, 11) is 0. The van der Waals surface area contributed by atoms with E-state index in [1.165, 1.54) is 6.07 Å². The summed E-state index contributed by atoms with van der Waals surface area (Å²) in [5.41, 5.74) is 9.48. The maximum atomic E-state index is 13.3. The van der Waals surface area contributed by atoms with Gasteiger partial charge in [-0.3, -0.25) is 0 Å². The third kappa shape index (κ3) is 2.15. The van der Waals surface area contributed by atoms with Crippen LogP contribution in [0.1, 0.15) is 5.56 Å². The fourth-order valence-corrected chi connectivity index (χ4v) is 1.28. The summed E-state index contributed by atoms with van der Waals surface area (Å²) in [4.78, 5) is -0.303. The summed E-state index contributed by atoms with van der Waals surface area (Å²) in [6, 6.07) is 4.85. The van der Waals surface area contributed by atoms with E-state index in [0.29, 0.717) is 0 Å². The van der Waals surface area contributed by atoms with Crippen LogP contribution in [0.2, 0.25) is 0 Å². The second-order valence-electron chi connectivity index (χ2n) is 2.86. The van der Waals surface area contributed by atoms with Crippen molar-refractivity contribution < 1.29 is 8.78 Å². The molecule has 0 aliphatic carbocycles. The predicted molar refractivity (Wildman–Crippen MR) is 59.9 cm³/mol. The number of rotatable bonds is 2. The molecule has 0 spiro atoms. The van der Waals surface area contributed by atoms with E-state index in [0.717, 1.165) is 12.1 Å². The van der Waals surface area contributed by atoms with E-state index in [-0.39, 0.29) is 10.6 Å². The van der Waals surface area contributed by atoms with Crippen LogP contribution in [0.3, 0.4) is 0 Å². The van der Waals surface area contributed by atoms with Gasteiger partial charge in [-0.05, 0) is 12.1 Å². The van der Waals surface area contributed by atoms with Crippen LogP contribution in [0.4, 0.5) is 8.78 Å². The zero-order valence-corrected chi connectivity index (χ0v) is 8.81. The quantitative estimate of drug-likeness (QED) is 0.465. The van der Waals surface area contributed by atoms with Gasteiger partial charge in [-0.25, -0.2) is 8.78 Å². The van der Waals surface area contributed by atoms with Crippen molar-refractivity contribution in [3.05, 3.63) is 41.0 Å². The van der Waals surface area contributed by atoms with E-state index in [1.54, 1.807) is 6.07 Å². The average Bonchev–Trinajstić information content (AvgIpc) is 2.17. The van der Waals surface area contributed by atoms with Crippen molar-refractivity contribution in [2.45, 2.75) is 0 Å². The number of nitriles is 1. The Bertz CT molecular complexity index is 497. The molecule has 0 bridgehead atoms. The normalized spacial score (nSPS) is 11.6. The monoisotopic (exact) mass is 239 g/mol. The molecule has 16 heavy (non-hydrogen) atoms. The molecule has 0 radical (unpaired) electrons. The molecule has 0 aliphatic heterocycles. The Morgan fingerprint density at radius 1 is 1.25 bits per heavy atom. The molecule has 1 rings (SSSR count). The van der Waals surface area contributed by atoms with E-state index in [1.807, 2.05) is 0 Å². The van der Waals surface area contributed by atoms with Crippen molar-refractivity contribution in [3.8, 4) is 6.07 Å². The number of nitrogens with two attached hydrogens (primary N) is 2. The van der Waals surface area contributed by atoms with Gasteiger partial charge in [-0.2, -0.15) is 5.26 Å². The topological polar surface area (TPSA) is 75.8 Å². The number of hydrogen-bond acceptors (Lipinski definition) is 3. The fraction of sp³-hybridized carbons (Fsp3) is 0. The second-order valence-corrected chi connectivity index (χ2v) is 3.30. The molecule has 0 aromatic heterocycles. The highest BCUT2D eigenvalue weighted by atomic mass is 32.1. The van der Waals surface area contributed by atoms with Crippen LogP contribution in [-0.2, 0) is 0 Å². The maximum Gasteiger partial charge on any atom is 0.135 e. The molecule has 0 amide bonds. The first-order chi connectivity index (χ1) is 7.49. The van der Waals surface area contributed by atoms with Gasteiger partial charge in [0.15, 0.2) is 0 Å². The van der Waals surface area contributed by atoms with Gasteiger partial charge in [0.2, 0.25) is 0 Å². The molecule has 1 aromatic carbocycles. The highest BCUT2D eigenvalue weighted by Crippen LogP contribution is 2.20. The lowest BCUT2D eigenvalue weighted by Crippen LogP contribution is -2.16. The van der Waals surface area contributed by atoms with Crippen LogP contribution in [-0.4, -0.2) is 4.99 Å². The summed E-state index contributed by atoms with van der Waals surface area (Å²) in [5, 5.41) is 8.71. The Kier molecular flexibility index (Phi) is 3.53. The molecule has 0 saturated heterocycles. The van der Waals surface area contributed by atoms with Crippen molar-refractivity contribution in [1.82, 2.24) is 0 Å². The minimum absolute atomic E-state index is 0.303. The number of nitrogens with zero attached hydrogens (tertiary/aromatic N) is 1. The van der Waals surface area contributed by atoms with Gasteiger partial charge in [-0.1, -0.05) is 18.3 Å². The Hall–Kier alpha value is -2.00. The zero-order chi connectivity index (χ0) is 12.3. The van der Waals surface area contributed by atoms with Crippen LogP contribution in [0.25, 0.3) is 5.70 Å².